The molecule has 0 unspecified atom stereocenters. The molecule has 1 aliphatic heterocycles. The largest absolute Gasteiger partial charge is 0.493 e. The second-order valence-electron chi connectivity index (χ2n) is 3.50. The van der Waals surface area contributed by atoms with E-state index < -0.39 is 0 Å². The molecule has 3 nitrogen and oxygen atoms in total. The first-order valence-electron chi connectivity index (χ1n) is 4.91. The molecule has 1 aromatic carbocycles. The molecule has 0 spiro atoms. The summed E-state index contributed by atoms with van der Waals surface area (Å²) in [6, 6.07) is 4.23. The highest BCUT2D eigenvalue weighted by Gasteiger charge is 2.24. The third-order valence-corrected chi connectivity index (χ3v) is 3.10. The molecule has 2 rings (SSSR count). The zero-order valence-electron chi connectivity index (χ0n) is 9.25. The lowest BCUT2D eigenvalue weighted by molar-refractivity contribution is 0.349. The molecule has 1 atom stereocenters. The second kappa shape index (κ2) is 5.62. The number of halogens is 2. The van der Waals surface area contributed by atoms with Crippen LogP contribution in [0.4, 0.5) is 0 Å². The molecule has 0 bridgehead atoms. The zero-order valence-corrected chi connectivity index (χ0v) is 10.8. The van der Waals surface area contributed by atoms with Gasteiger partial charge in [0.2, 0.25) is 0 Å². The van der Waals surface area contributed by atoms with Gasteiger partial charge in [-0.05, 0) is 24.6 Å². The number of nitrogens with one attached hydrogen (secondary N) is 1. The van der Waals surface area contributed by atoms with Crippen LogP contribution in [0.1, 0.15) is 18.0 Å². The fourth-order valence-corrected chi connectivity index (χ4v) is 2.09. The second-order valence-corrected chi connectivity index (χ2v) is 3.88. The molecular formula is C11H15Cl2NO2. The summed E-state index contributed by atoms with van der Waals surface area (Å²) in [6.07, 6.45) is 1.12. The van der Waals surface area contributed by atoms with Crippen molar-refractivity contribution in [2.45, 2.75) is 12.5 Å². The van der Waals surface area contributed by atoms with Gasteiger partial charge in [0.15, 0.2) is 11.5 Å². The van der Waals surface area contributed by atoms with Crippen molar-refractivity contribution in [1.82, 2.24) is 5.32 Å². The molecule has 1 N–H and O–H groups in total. The van der Waals surface area contributed by atoms with E-state index in [0.717, 1.165) is 18.5 Å². The van der Waals surface area contributed by atoms with E-state index in [2.05, 4.69) is 5.32 Å². The Hall–Kier alpha value is -0.640. The molecule has 1 heterocycles. The monoisotopic (exact) mass is 263 g/mol. The smallest absolute Gasteiger partial charge is 0.179 e. The van der Waals surface area contributed by atoms with Crippen LogP contribution in [0, 0.1) is 0 Å². The summed E-state index contributed by atoms with van der Waals surface area (Å²) in [6.45, 7) is 1.05. The van der Waals surface area contributed by atoms with Gasteiger partial charge in [-0.1, -0.05) is 17.7 Å². The van der Waals surface area contributed by atoms with E-state index in [0.29, 0.717) is 22.6 Å². The number of benzene rings is 1. The number of rotatable bonds is 3. The lowest BCUT2D eigenvalue weighted by Crippen LogP contribution is -2.35. The fourth-order valence-electron chi connectivity index (χ4n) is 1.73. The summed E-state index contributed by atoms with van der Waals surface area (Å²) in [5.74, 6) is 1.29. The quantitative estimate of drug-likeness (QED) is 0.910. The molecular weight excluding hydrogens is 249 g/mol. The van der Waals surface area contributed by atoms with Gasteiger partial charge in [0.25, 0.3) is 0 Å². The minimum Gasteiger partial charge on any atom is -0.493 e. The lowest BCUT2D eigenvalue weighted by atomic mass is 9.97. The Kier molecular flexibility index (Phi) is 4.71. The van der Waals surface area contributed by atoms with Crippen LogP contribution in [0.5, 0.6) is 11.5 Å². The minimum atomic E-state index is 0. The predicted octanol–water partition coefficient (Wildman–Crippen LogP) is 2.81. The highest BCUT2D eigenvalue weighted by atomic mass is 35.5. The molecule has 0 saturated carbocycles. The summed E-state index contributed by atoms with van der Waals surface area (Å²) in [7, 11) is 3.21. The molecule has 90 valence electrons. The van der Waals surface area contributed by atoms with Crippen LogP contribution in [-0.2, 0) is 0 Å². The Morgan fingerprint density at radius 2 is 2.00 bits per heavy atom. The lowest BCUT2D eigenvalue weighted by Gasteiger charge is -2.29. The van der Waals surface area contributed by atoms with E-state index in [1.165, 1.54) is 0 Å². The topological polar surface area (TPSA) is 30.5 Å². The van der Waals surface area contributed by atoms with E-state index in [9.17, 15) is 0 Å². The highest BCUT2D eigenvalue weighted by Crippen LogP contribution is 2.41. The molecule has 0 aliphatic carbocycles. The van der Waals surface area contributed by atoms with Gasteiger partial charge in [-0.15, -0.1) is 12.4 Å². The SMILES string of the molecule is COc1ccc([C@H]2CCN2)c(Cl)c1OC.Cl. The maximum atomic E-state index is 6.26. The van der Waals surface area contributed by atoms with Gasteiger partial charge in [0.05, 0.1) is 19.2 Å². The third-order valence-electron chi connectivity index (χ3n) is 2.71. The molecule has 1 saturated heterocycles. The van der Waals surface area contributed by atoms with Crippen LogP contribution < -0.4 is 14.8 Å². The zero-order chi connectivity index (χ0) is 10.8. The first-order valence-corrected chi connectivity index (χ1v) is 5.29. The Morgan fingerprint density at radius 3 is 2.44 bits per heavy atom. The predicted molar refractivity (Wildman–Crippen MR) is 67.2 cm³/mol. The maximum Gasteiger partial charge on any atom is 0.179 e. The first-order chi connectivity index (χ1) is 7.27. The van der Waals surface area contributed by atoms with E-state index in [4.69, 9.17) is 21.1 Å². The van der Waals surface area contributed by atoms with Gasteiger partial charge in [-0.25, -0.2) is 0 Å². The number of ether oxygens (including phenoxy) is 2. The van der Waals surface area contributed by atoms with Crippen LogP contribution in [0.2, 0.25) is 5.02 Å². The molecule has 0 radical (unpaired) electrons. The van der Waals surface area contributed by atoms with Gasteiger partial charge in [0.1, 0.15) is 0 Å². The van der Waals surface area contributed by atoms with Crippen molar-refractivity contribution >= 4 is 24.0 Å². The average Bonchev–Trinajstić information content (AvgIpc) is 2.18. The molecule has 0 aromatic heterocycles. The summed E-state index contributed by atoms with van der Waals surface area (Å²) >= 11 is 6.26. The molecule has 0 amide bonds. The first kappa shape index (κ1) is 13.4. The highest BCUT2D eigenvalue weighted by molar-refractivity contribution is 6.33. The van der Waals surface area contributed by atoms with Crippen molar-refractivity contribution in [3.8, 4) is 11.5 Å². The molecule has 5 heteroatoms. The molecule has 1 fully saturated rings. The fraction of sp³-hybridized carbons (Fsp3) is 0.455. The van der Waals surface area contributed by atoms with E-state index >= 15 is 0 Å². The Morgan fingerprint density at radius 1 is 1.31 bits per heavy atom. The van der Waals surface area contributed by atoms with Gasteiger partial charge >= 0.3 is 0 Å². The van der Waals surface area contributed by atoms with Crippen molar-refractivity contribution in [3.05, 3.63) is 22.7 Å². The Balaban J connectivity index is 0.00000128. The summed E-state index contributed by atoms with van der Waals surface area (Å²) in [4.78, 5) is 0. The van der Waals surface area contributed by atoms with Crippen LogP contribution in [-0.4, -0.2) is 20.8 Å². The number of hydrogen-bond acceptors (Lipinski definition) is 3. The van der Waals surface area contributed by atoms with E-state index in [1.54, 1.807) is 14.2 Å². The normalized spacial score (nSPS) is 18.3. The van der Waals surface area contributed by atoms with E-state index in [1.807, 2.05) is 12.1 Å². The van der Waals surface area contributed by atoms with Crippen molar-refractivity contribution in [3.63, 3.8) is 0 Å². The van der Waals surface area contributed by atoms with Gasteiger partial charge in [0, 0.05) is 6.04 Å². The summed E-state index contributed by atoms with van der Waals surface area (Å²) in [5, 5.41) is 3.96. The average molecular weight is 264 g/mol. The van der Waals surface area contributed by atoms with Crippen LogP contribution in [0.3, 0.4) is 0 Å². The van der Waals surface area contributed by atoms with Gasteiger partial charge < -0.3 is 14.8 Å². The van der Waals surface area contributed by atoms with Crippen molar-refractivity contribution < 1.29 is 9.47 Å². The Labute approximate surface area is 106 Å². The van der Waals surface area contributed by atoms with Crippen LogP contribution >= 0.6 is 24.0 Å². The Bertz CT molecular complexity index is 367. The van der Waals surface area contributed by atoms with E-state index in [-0.39, 0.29) is 12.4 Å². The van der Waals surface area contributed by atoms with Crippen LogP contribution in [0.15, 0.2) is 12.1 Å². The summed E-state index contributed by atoms with van der Waals surface area (Å²) < 4.78 is 10.4. The maximum absolute atomic E-state index is 6.26. The van der Waals surface area contributed by atoms with Crippen LogP contribution in [0.25, 0.3) is 0 Å². The minimum absolute atomic E-state index is 0. The standard InChI is InChI=1S/C11H14ClNO2.ClH/c1-14-9-4-3-7(8-5-6-13-8)10(12)11(9)15-2;/h3-4,8,13H,5-6H2,1-2H3;1H/t8-;/m1./s1. The molecule has 1 aromatic rings. The molecule has 1 aliphatic rings. The van der Waals surface area contributed by atoms with Crippen molar-refractivity contribution in [2.24, 2.45) is 0 Å². The van der Waals surface area contributed by atoms with Gasteiger partial charge in [-0.3, -0.25) is 0 Å². The number of methoxy groups -OCH3 is 2. The van der Waals surface area contributed by atoms with Crippen molar-refractivity contribution in [1.29, 1.82) is 0 Å². The number of hydrogen-bond donors (Lipinski definition) is 1. The third kappa shape index (κ3) is 2.21. The van der Waals surface area contributed by atoms with Crippen molar-refractivity contribution in [2.75, 3.05) is 20.8 Å². The van der Waals surface area contributed by atoms with Gasteiger partial charge in [-0.2, -0.15) is 0 Å². The summed E-state index contributed by atoms with van der Waals surface area (Å²) in [5.41, 5.74) is 1.08. The molecule has 16 heavy (non-hydrogen) atoms.